The average molecular weight is 655 g/mol. The smallest absolute Gasteiger partial charge is 0.264 e. The maximum absolute atomic E-state index is 14.0. The van der Waals surface area contributed by atoms with E-state index in [1.54, 1.807) is 67.6 Å². The van der Waals surface area contributed by atoms with Gasteiger partial charge in [-0.05, 0) is 62.7 Å². The first kappa shape index (κ1) is 30.9. The van der Waals surface area contributed by atoms with E-state index in [2.05, 4.69) is 21.2 Å². The Morgan fingerprint density at radius 3 is 2.15 bits per heavy atom. The third-order valence-electron chi connectivity index (χ3n) is 6.26. The van der Waals surface area contributed by atoms with E-state index in [4.69, 9.17) is 23.2 Å². The van der Waals surface area contributed by atoms with Crippen molar-refractivity contribution in [3.05, 3.63) is 92.9 Å². The fraction of sp³-hybridized carbons (Fsp3) is 0.286. The summed E-state index contributed by atoms with van der Waals surface area (Å²) in [6.07, 6.45) is 0.703. The molecule has 0 saturated heterocycles. The topological polar surface area (TPSA) is 86.8 Å². The van der Waals surface area contributed by atoms with E-state index in [0.29, 0.717) is 26.5 Å². The van der Waals surface area contributed by atoms with Gasteiger partial charge in [-0.3, -0.25) is 13.9 Å². The van der Waals surface area contributed by atoms with Crippen LogP contribution in [0.1, 0.15) is 32.8 Å². The van der Waals surface area contributed by atoms with Gasteiger partial charge in [-0.2, -0.15) is 0 Å². The van der Waals surface area contributed by atoms with Crippen molar-refractivity contribution >= 4 is 66.7 Å². The molecule has 0 heterocycles. The normalized spacial score (nSPS) is 12.9. The summed E-state index contributed by atoms with van der Waals surface area (Å²) in [7, 11) is -4.15. The SMILES string of the molecule is CCC(C)NC(=O)C(C)N(Cc1c(Cl)cccc1Cl)C(=O)CN(c1cccc(Br)c1)S(=O)(=O)c1ccccc1. The Morgan fingerprint density at radius 1 is 0.949 bits per heavy atom. The van der Waals surface area contributed by atoms with E-state index in [0.717, 1.165) is 4.31 Å². The molecule has 2 atom stereocenters. The van der Waals surface area contributed by atoms with Crippen LogP contribution in [0.5, 0.6) is 0 Å². The molecule has 0 fully saturated rings. The van der Waals surface area contributed by atoms with Crippen LogP contribution >= 0.6 is 39.1 Å². The number of carbonyl (C=O) groups excluding carboxylic acids is 2. The Morgan fingerprint density at radius 2 is 1.56 bits per heavy atom. The fourth-order valence-corrected chi connectivity index (χ4v) is 6.11. The lowest BCUT2D eigenvalue weighted by atomic mass is 10.1. The van der Waals surface area contributed by atoms with E-state index in [1.165, 1.54) is 17.0 Å². The number of hydrogen-bond acceptors (Lipinski definition) is 4. The average Bonchev–Trinajstić information content (AvgIpc) is 2.91. The number of rotatable bonds is 11. The minimum Gasteiger partial charge on any atom is -0.352 e. The number of amides is 2. The predicted octanol–water partition coefficient (Wildman–Crippen LogP) is 6.28. The second kappa shape index (κ2) is 13.7. The van der Waals surface area contributed by atoms with Gasteiger partial charge in [-0.25, -0.2) is 8.42 Å². The van der Waals surface area contributed by atoms with Crippen LogP contribution in [0.2, 0.25) is 10.0 Å². The standard InChI is InChI=1S/C28H30BrCl2N3O4S/c1-4-19(2)32-28(36)20(3)33(17-24-25(30)14-9-15-26(24)31)27(35)18-34(22-11-8-10-21(29)16-22)39(37,38)23-12-6-5-7-13-23/h5-16,19-20H,4,17-18H2,1-3H3,(H,32,36). The molecule has 0 aliphatic carbocycles. The monoisotopic (exact) mass is 653 g/mol. The zero-order chi connectivity index (χ0) is 28.7. The van der Waals surface area contributed by atoms with Crippen molar-refractivity contribution in [1.82, 2.24) is 10.2 Å². The molecular formula is C28H30BrCl2N3O4S. The van der Waals surface area contributed by atoms with Gasteiger partial charge >= 0.3 is 0 Å². The molecule has 3 aromatic rings. The number of carbonyl (C=O) groups is 2. The van der Waals surface area contributed by atoms with Gasteiger partial charge in [0.2, 0.25) is 11.8 Å². The Hall–Kier alpha value is -2.59. The molecule has 0 saturated carbocycles. The molecule has 0 aromatic heterocycles. The summed E-state index contributed by atoms with van der Waals surface area (Å²) in [5, 5.41) is 3.55. The molecule has 208 valence electrons. The number of sulfonamides is 1. The van der Waals surface area contributed by atoms with E-state index >= 15 is 0 Å². The Kier molecular flexibility index (Phi) is 10.8. The molecule has 2 unspecified atom stereocenters. The van der Waals surface area contributed by atoms with Crippen LogP contribution in [0.4, 0.5) is 5.69 Å². The first-order chi connectivity index (χ1) is 18.4. The first-order valence-electron chi connectivity index (χ1n) is 12.3. The third-order valence-corrected chi connectivity index (χ3v) is 9.25. The van der Waals surface area contributed by atoms with Crippen LogP contribution in [0.3, 0.4) is 0 Å². The minimum absolute atomic E-state index is 0.0287. The number of anilines is 1. The second-order valence-corrected chi connectivity index (χ2v) is 12.6. The molecule has 0 aliphatic rings. The highest BCUT2D eigenvalue weighted by Gasteiger charge is 2.33. The molecule has 1 N–H and O–H groups in total. The van der Waals surface area contributed by atoms with Crippen molar-refractivity contribution < 1.29 is 18.0 Å². The van der Waals surface area contributed by atoms with E-state index in [-0.39, 0.29) is 29.1 Å². The highest BCUT2D eigenvalue weighted by molar-refractivity contribution is 9.10. The van der Waals surface area contributed by atoms with Gasteiger partial charge in [-0.15, -0.1) is 0 Å². The Bertz CT molecular complexity index is 1400. The van der Waals surface area contributed by atoms with E-state index < -0.39 is 28.5 Å². The third kappa shape index (κ3) is 7.75. The first-order valence-corrected chi connectivity index (χ1v) is 15.3. The van der Waals surface area contributed by atoms with Gasteiger partial charge < -0.3 is 10.2 Å². The van der Waals surface area contributed by atoms with Crippen LogP contribution in [-0.2, 0) is 26.2 Å². The van der Waals surface area contributed by atoms with Gasteiger partial charge in [-0.1, -0.05) is 76.4 Å². The lowest BCUT2D eigenvalue weighted by Crippen LogP contribution is -2.52. The van der Waals surface area contributed by atoms with Crippen molar-refractivity contribution in [3.63, 3.8) is 0 Å². The summed E-state index contributed by atoms with van der Waals surface area (Å²) in [6.45, 7) is 4.74. The molecule has 39 heavy (non-hydrogen) atoms. The van der Waals surface area contributed by atoms with E-state index in [9.17, 15) is 18.0 Å². The van der Waals surface area contributed by atoms with Crippen LogP contribution in [0.15, 0.2) is 82.2 Å². The zero-order valence-electron chi connectivity index (χ0n) is 21.8. The largest absolute Gasteiger partial charge is 0.352 e. The fourth-order valence-electron chi connectivity index (χ4n) is 3.78. The molecule has 2 amide bonds. The van der Waals surface area contributed by atoms with Crippen molar-refractivity contribution in [3.8, 4) is 0 Å². The summed E-state index contributed by atoms with van der Waals surface area (Å²) in [4.78, 5) is 28.4. The summed E-state index contributed by atoms with van der Waals surface area (Å²) in [5.41, 5.74) is 0.742. The van der Waals surface area contributed by atoms with Gasteiger partial charge in [0.05, 0.1) is 10.6 Å². The lowest BCUT2D eigenvalue weighted by molar-refractivity contribution is -0.139. The van der Waals surface area contributed by atoms with Crippen molar-refractivity contribution in [2.24, 2.45) is 0 Å². The zero-order valence-corrected chi connectivity index (χ0v) is 25.7. The maximum atomic E-state index is 14.0. The van der Waals surface area contributed by atoms with E-state index in [1.807, 2.05) is 13.8 Å². The van der Waals surface area contributed by atoms with Gasteiger partial charge in [0.15, 0.2) is 0 Å². The predicted molar refractivity (Wildman–Crippen MR) is 159 cm³/mol. The molecule has 3 rings (SSSR count). The van der Waals surface area contributed by atoms with Crippen LogP contribution in [0.25, 0.3) is 0 Å². The summed E-state index contributed by atoms with van der Waals surface area (Å²) in [5.74, 6) is -0.974. The number of nitrogens with one attached hydrogen (secondary N) is 1. The number of benzene rings is 3. The summed E-state index contributed by atoms with van der Waals surface area (Å²) >= 11 is 16.2. The van der Waals surface area contributed by atoms with Crippen LogP contribution in [-0.4, -0.2) is 43.8 Å². The molecular weight excluding hydrogens is 625 g/mol. The molecule has 11 heteroatoms. The molecule has 0 radical (unpaired) electrons. The molecule has 0 bridgehead atoms. The van der Waals surface area contributed by atoms with Crippen molar-refractivity contribution in [2.45, 2.75) is 50.7 Å². The highest BCUT2D eigenvalue weighted by atomic mass is 79.9. The molecule has 7 nitrogen and oxygen atoms in total. The van der Waals surface area contributed by atoms with Crippen molar-refractivity contribution in [1.29, 1.82) is 0 Å². The van der Waals surface area contributed by atoms with Gasteiger partial charge in [0.1, 0.15) is 12.6 Å². The molecule has 0 aliphatic heterocycles. The van der Waals surface area contributed by atoms with Crippen LogP contribution in [0, 0.1) is 0 Å². The number of nitrogens with zero attached hydrogens (tertiary/aromatic N) is 2. The number of halogens is 3. The highest BCUT2D eigenvalue weighted by Crippen LogP contribution is 2.29. The Balaban J connectivity index is 2.06. The Labute approximate surface area is 248 Å². The second-order valence-electron chi connectivity index (χ2n) is 9.02. The quantitative estimate of drug-likeness (QED) is 0.264. The summed E-state index contributed by atoms with van der Waals surface area (Å²) in [6, 6.07) is 18.4. The van der Waals surface area contributed by atoms with Gasteiger partial charge in [0, 0.05) is 32.7 Å². The number of hydrogen-bond donors (Lipinski definition) is 1. The van der Waals surface area contributed by atoms with Crippen molar-refractivity contribution in [2.75, 3.05) is 10.8 Å². The molecule has 0 spiro atoms. The molecule has 3 aromatic carbocycles. The summed E-state index contributed by atoms with van der Waals surface area (Å²) < 4.78 is 29.2. The minimum atomic E-state index is -4.15. The van der Waals surface area contributed by atoms with Crippen LogP contribution < -0.4 is 9.62 Å². The maximum Gasteiger partial charge on any atom is 0.264 e. The lowest BCUT2D eigenvalue weighted by Gasteiger charge is -2.33. The van der Waals surface area contributed by atoms with Gasteiger partial charge in [0.25, 0.3) is 10.0 Å².